The summed E-state index contributed by atoms with van der Waals surface area (Å²) in [5, 5.41) is 12.6. The Bertz CT molecular complexity index is 891. The Labute approximate surface area is 167 Å². The van der Waals surface area contributed by atoms with E-state index in [-0.39, 0.29) is 30.6 Å². The fourth-order valence-corrected chi connectivity index (χ4v) is 3.51. The van der Waals surface area contributed by atoms with Crippen LogP contribution in [0.15, 0.2) is 59.6 Å². The van der Waals surface area contributed by atoms with Gasteiger partial charge in [-0.1, -0.05) is 30.3 Å². The largest absolute Gasteiger partial charge is 0.385 e. The lowest BCUT2D eigenvalue weighted by Crippen LogP contribution is -2.68. The Morgan fingerprint density at radius 1 is 1.28 bits per heavy atom. The molecule has 2 aromatic rings. The number of ketones is 1. The zero-order chi connectivity index (χ0) is 20.4. The predicted molar refractivity (Wildman–Crippen MR) is 105 cm³/mol. The molecule has 1 saturated heterocycles. The number of Topliss-reactive ketones (excluding diaryl/α,β-unsaturated/α-hetero) is 1. The number of nitrogens with zero attached hydrogens (tertiary/aromatic N) is 2. The average Bonchev–Trinajstić information content (AvgIpc) is 2.74. The number of amidine groups is 1. The van der Waals surface area contributed by atoms with Gasteiger partial charge in [-0.05, 0) is 29.8 Å². The number of hydrogen-bond acceptors (Lipinski definition) is 7. The van der Waals surface area contributed by atoms with Crippen molar-refractivity contribution >= 4 is 17.3 Å². The van der Waals surface area contributed by atoms with Crippen LogP contribution in [-0.2, 0) is 20.9 Å². The maximum Gasteiger partial charge on any atom is 0.196 e. The number of halogens is 1. The lowest BCUT2D eigenvalue weighted by atomic mass is 9.97. The first-order valence-electron chi connectivity index (χ1n) is 9.38. The Balaban J connectivity index is 1.57. The molecular weight excluding hydrogens is 377 g/mol. The number of hydrogen-bond donors (Lipinski definition) is 2. The minimum atomic E-state index is -1.05. The van der Waals surface area contributed by atoms with E-state index in [0.717, 1.165) is 5.56 Å². The highest BCUT2D eigenvalue weighted by Crippen LogP contribution is 2.29. The lowest BCUT2D eigenvalue weighted by molar-refractivity contribution is -0.229. The summed E-state index contributed by atoms with van der Waals surface area (Å²) in [6.07, 6.45) is -1.91. The van der Waals surface area contributed by atoms with E-state index < -0.39 is 24.5 Å². The molecule has 0 bridgehead atoms. The first-order chi connectivity index (χ1) is 14.0. The molecule has 7 nitrogen and oxygen atoms in total. The normalized spacial score (nSPS) is 26.3. The van der Waals surface area contributed by atoms with Crippen LogP contribution >= 0.6 is 0 Å². The summed E-state index contributed by atoms with van der Waals surface area (Å²) in [5.41, 5.74) is 4.51. The molecule has 2 aromatic carbocycles. The molecule has 2 aliphatic heterocycles. The van der Waals surface area contributed by atoms with Gasteiger partial charge in [0.05, 0.1) is 18.9 Å². The van der Waals surface area contributed by atoms with Gasteiger partial charge in [0, 0.05) is 6.92 Å². The molecule has 4 atom stereocenters. The van der Waals surface area contributed by atoms with Crippen molar-refractivity contribution in [3.8, 4) is 0 Å². The maximum atomic E-state index is 13.4. The molecule has 2 heterocycles. The molecule has 1 fully saturated rings. The number of anilines is 1. The van der Waals surface area contributed by atoms with Crippen LogP contribution in [-0.4, -0.2) is 47.8 Å². The molecule has 8 heteroatoms. The number of aliphatic imine (C=N–C) groups is 1. The zero-order valence-electron chi connectivity index (χ0n) is 15.9. The van der Waals surface area contributed by atoms with Crippen molar-refractivity contribution < 1.29 is 23.8 Å². The monoisotopic (exact) mass is 399 g/mol. The van der Waals surface area contributed by atoms with Crippen LogP contribution in [0.2, 0.25) is 0 Å². The minimum Gasteiger partial charge on any atom is -0.385 e. The molecule has 0 spiro atoms. The standard InChI is InChI=1S/C21H22FN3O4/c1-13(26)20-23-17-12-29-21(28-11-14-5-3-2-4-6-14)19(27)18(17)25(24-20)16-9-7-15(22)8-10-16/h2-10,17-19,21,27H,11-12H2,1H3,(H,23,24)/t17-,18-,19+,21+/m1/s1. The maximum absolute atomic E-state index is 13.4. The highest BCUT2D eigenvalue weighted by Gasteiger charge is 2.46. The van der Waals surface area contributed by atoms with Gasteiger partial charge in [-0.2, -0.15) is 0 Å². The van der Waals surface area contributed by atoms with Crippen LogP contribution in [0, 0.1) is 5.82 Å². The smallest absolute Gasteiger partial charge is 0.196 e. The molecule has 0 radical (unpaired) electrons. The number of carbonyl (C=O) groups is 1. The quantitative estimate of drug-likeness (QED) is 0.798. The topological polar surface area (TPSA) is 83.4 Å². The van der Waals surface area contributed by atoms with Gasteiger partial charge < -0.3 is 14.6 Å². The molecule has 0 aliphatic carbocycles. The molecule has 0 amide bonds. The van der Waals surface area contributed by atoms with Crippen molar-refractivity contribution in [3.05, 3.63) is 66.0 Å². The van der Waals surface area contributed by atoms with Crippen LogP contribution in [0.5, 0.6) is 0 Å². The van der Waals surface area contributed by atoms with E-state index in [2.05, 4.69) is 10.4 Å². The van der Waals surface area contributed by atoms with Crippen molar-refractivity contribution in [1.82, 2.24) is 5.43 Å². The predicted octanol–water partition coefficient (Wildman–Crippen LogP) is 1.81. The van der Waals surface area contributed by atoms with Gasteiger partial charge in [0.2, 0.25) is 0 Å². The van der Waals surface area contributed by atoms with E-state index in [0.29, 0.717) is 5.69 Å². The number of fused-ring (bicyclic) bond motifs is 1. The van der Waals surface area contributed by atoms with Crippen LogP contribution in [0.25, 0.3) is 0 Å². The van der Waals surface area contributed by atoms with Gasteiger partial charge >= 0.3 is 0 Å². The van der Waals surface area contributed by atoms with Crippen LogP contribution in [0.3, 0.4) is 0 Å². The van der Waals surface area contributed by atoms with Gasteiger partial charge in [0.1, 0.15) is 24.0 Å². The molecule has 4 rings (SSSR count). The first-order valence-corrected chi connectivity index (χ1v) is 9.38. The second kappa shape index (κ2) is 8.28. The highest BCUT2D eigenvalue weighted by atomic mass is 19.1. The third-order valence-electron chi connectivity index (χ3n) is 4.97. The summed E-state index contributed by atoms with van der Waals surface area (Å²) in [7, 11) is 0. The summed E-state index contributed by atoms with van der Waals surface area (Å²) < 4.78 is 24.9. The second-order valence-corrected chi connectivity index (χ2v) is 7.04. The molecule has 29 heavy (non-hydrogen) atoms. The average molecular weight is 399 g/mol. The van der Waals surface area contributed by atoms with Gasteiger partial charge in [0.15, 0.2) is 17.9 Å². The van der Waals surface area contributed by atoms with Crippen molar-refractivity contribution in [2.45, 2.75) is 38.0 Å². The molecule has 152 valence electrons. The first kappa shape index (κ1) is 19.5. The number of nitrogens with one attached hydrogen (secondary N) is 1. The van der Waals surface area contributed by atoms with Gasteiger partial charge in [-0.3, -0.25) is 20.2 Å². The Morgan fingerprint density at radius 2 is 2.00 bits per heavy atom. The van der Waals surface area contributed by atoms with E-state index in [4.69, 9.17) is 9.47 Å². The van der Waals surface area contributed by atoms with E-state index >= 15 is 0 Å². The van der Waals surface area contributed by atoms with Gasteiger partial charge in [0.25, 0.3) is 0 Å². The summed E-state index contributed by atoms with van der Waals surface area (Å²) in [4.78, 5) is 16.3. The summed E-state index contributed by atoms with van der Waals surface area (Å²) in [6, 6.07) is 14.3. The highest BCUT2D eigenvalue weighted by molar-refractivity contribution is 6.38. The fraction of sp³-hybridized carbons (Fsp3) is 0.333. The Morgan fingerprint density at radius 3 is 2.69 bits per heavy atom. The van der Waals surface area contributed by atoms with Gasteiger partial charge in [-0.15, -0.1) is 0 Å². The van der Waals surface area contributed by atoms with Crippen molar-refractivity contribution in [2.24, 2.45) is 4.99 Å². The molecule has 0 unspecified atom stereocenters. The number of hydrazine groups is 1. The van der Waals surface area contributed by atoms with Crippen molar-refractivity contribution in [2.75, 3.05) is 11.6 Å². The second-order valence-electron chi connectivity index (χ2n) is 7.04. The van der Waals surface area contributed by atoms with Crippen LogP contribution in [0.1, 0.15) is 12.5 Å². The fourth-order valence-electron chi connectivity index (χ4n) is 3.51. The molecular formula is C21H22FN3O4. The number of carbonyl (C=O) groups excluding carboxylic acids is 1. The molecule has 2 N–H and O–H groups in total. The zero-order valence-corrected chi connectivity index (χ0v) is 15.9. The van der Waals surface area contributed by atoms with Crippen molar-refractivity contribution in [3.63, 3.8) is 0 Å². The van der Waals surface area contributed by atoms with E-state index in [9.17, 15) is 14.3 Å². The third kappa shape index (κ3) is 4.14. The number of rotatable bonds is 5. The van der Waals surface area contributed by atoms with Crippen LogP contribution in [0.4, 0.5) is 10.1 Å². The SMILES string of the molecule is CC(=O)C1=N[C@@H]2CO[C@H](OCc3ccccc3)[C@@H](O)[C@@H]2N(c2ccc(F)cc2)N1. The Hall–Kier alpha value is -2.81. The van der Waals surface area contributed by atoms with Crippen LogP contribution < -0.4 is 10.4 Å². The number of ether oxygens (including phenoxy) is 2. The number of aliphatic hydroxyl groups is 1. The molecule has 0 saturated carbocycles. The number of benzene rings is 2. The lowest BCUT2D eigenvalue weighted by Gasteiger charge is -2.47. The molecule has 2 aliphatic rings. The molecule has 0 aromatic heterocycles. The Kier molecular flexibility index (Phi) is 5.57. The summed E-state index contributed by atoms with van der Waals surface area (Å²) >= 11 is 0. The summed E-state index contributed by atoms with van der Waals surface area (Å²) in [5.74, 6) is -0.457. The van der Waals surface area contributed by atoms with Gasteiger partial charge in [-0.25, -0.2) is 4.39 Å². The minimum absolute atomic E-state index is 0.162. The van der Waals surface area contributed by atoms with E-state index in [1.54, 1.807) is 17.1 Å². The third-order valence-corrected chi connectivity index (χ3v) is 4.97. The number of aliphatic hydroxyl groups excluding tert-OH is 1. The van der Waals surface area contributed by atoms with E-state index in [1.807, 2.05) is 30.3 Å². The van der Waals surface area contributed by atoms with Crippen molar-refractivity contribution in [1.29, 1.82) is 0 Å². The summed E-state index contributed by atoms with van der Waals surface area (Å²) in [6.45, 7) is 1.87. The van der Waals surface area contributed by atoms with E-state index in [1.165, 1.54) is 19.1 Å².